The average molecular weight is 413 g/mol. The zero-order chi connectivity index (χ0) is 22.0. The average Bonchev–Trinajstić information content (AvgIpc) is 3.34. The molecule has 0 aromatic heterocycles. The van der Waals surface area contributed by atoms with E-state index in [9.17, 15) is 9.59 Å². The molecule has 1 aromatic rings. The molecule has 30 heavy (non-hydrogen) atoms. The lowest BCUT2D eigenvalue weighted by atomic mass is 9.78. The first-order chi connectivity index (χ1) is 14.3. The smallest absolute Gasteiger partial charge is 0.226 e. The van der Waals surface area contributed by atoms with E-state index >= 15 is 0 Å². The number of hydrogen-bond acceptors (Lipinski definition) is 3. The third kappa shape index (κ3) is 4.49. The molecule has 0 saturated heterocycles. The molecule has 3 rings (SSSR count). The van der Waals surface area contributed by atoms with Gasteiger partial charge in [0.05, 0.1) is 6.04 Å². The van der Waals surface area contributed by atoms with Crippen molar-refractivity contribution in [3.05, 3.63) is 35.9 Å². The van der Waals surface area contributed by atoms with Crippen molar-refractivity contribution in [1.82, 2.24) is 4.90 Å². The molecule has 2 fully saturated rings. The van der Waals surface area contributed by atoms with Crippen molar-refractivity contribution in [2.24, 2.45) is 35.3 Å². The van der Waals surface area contributed by atoms with E-state index in [1.807, 2.05) is 13.8 Å². The second-order valence-corrected chi connectivity index (χ2v) is 10.2. The molecule has 1 amide bonds. The second kappa shape index (κ2) is 9.64. The highest BCUT2D eigenvalue weighted by Crippen LogP contribution is 2.55. The molecule has 2 aliphatic carbocycles. The molecule has 0 aliphatic heterocycles. The van der Waals surface area contributed by atoms with Crippen LogP contribution in [0.1, 0.15) is 71.8 Å². The summed E-state index contributed by atoms with van der Waals surface area (Å²) < 4.78 is 0. The number of benzene rings is 1. The summed E-state index contributed by atoms with van der Waals surface area (Å²) in [4.78, 5) is 28.7. The zero-order valence-corrected chi connectivity index (χ0v) is 19.4. The summed E-state index contributed by atoms with van der Waals surface area (Å²) in [6.07, 6.45) is 3.95. The van der Waals surface area contributed by atoms with Crippen molar-refractivity contribution in [3.63, 3.8) is 0 Å². The van der Waals surface area contributed by atoms with E-state index < -0.39 is 6.04 Å². The van der Waals surface area contributed by atoms with Crippen LogP contribution in [-0.2, 0) is 9.59 Å². The number of rotatable bonds is 9. The SMILES string of the molecule is CCN(C(=O)[C@H](CC(=O)[C@@H](N)C(C)C)C(C)C)C1C2CCC(C2)C1c1ccccc1. The molecule has 4 nitrogen and oxygen atoms in total. The van der Waals surface area contributed by atoms with E-state index in [0.29, 0.717) is 24.3 Å². The molecule has 166 valence electrons. The van der Waals surface area contributed by atoms with Gasteiger partial charge in [-0.25, -0.2) is 0 Å². The van der Waals surface area contributed by atoms with Gasteiger partial charge in [-0.05, 0) is 55.4 Å². The number of Topliss-reactive ketones (excluding diaryl/α,β-unsaturated/α-hetero) is 1. The van der Waals surface area contributed by atoms with E-state index in [1.54, 1.807) is 0 Å². The van der Waals surface area contributed by atoms with Gasteiger partial charge >= 0.3 is 0 Å². The molecular weight excluding hydrogens is 372 g/mol. The van der Waals surface area contributed by atoms with Gasteiger partial charge in [0.1, 0.15) is 0 Å². The van der Waals surface area contributed by atoms with Crippen LogP contribution in [0.3, 0.4) is 0 Å². The summed E-state index contributed by atoms with van der Waals surface area (Å²) >= 11 is 0. The van der Waals surface area contributed by atoms with Crippen molar-refractivity contribution in [3.8, 4) is 0 Å². The highest BCUT2D eigenvalue weighted by Gasteiger charge is 2.51. The molecule has 0 radical (unpaired) electrons. The highest BCUT2D eigenvalue weighted by atomic mass is 16.2. The van der Waals surface area contributed by atoms with Crippen molar-refractivity contribution < 1.29 is 9.59 Å². The second-order valence-electron chi connectivity index (χ2n) is 10.2. The molecule has 2 N–H and O–H groups in total. The van der Waals surface area contributed by atoms with Gasteiger partial charge in [-0.2, -0.15) is 0 Å². The summed E-state index contributed by atoms with van der Waals surface area (Å²) in [6.45, 7) is 10.8. The Morgan fingerprint density at radius 1 is 1.03 bits per heavy atom. The van der Waals surface area contributed by atoms with E-state index in [1.165, 1.54) is 24.8 Å². The van der Waals surface area contributed by atoms with Crippen LogP contribution in [0, 0.1) is 29.6 Å². The Bertz CT molecular complexity index is 730. The molecule has 4 unspecified atom stereocenters. The van der Waals surface area contributed by atoms with Crippen LogP contribution in [0.25, 0.3) is 0 Å². The van der Waals surface area contributed by atoms with Crippen LogP contribution < -0.4 is 5.73 Å². The van der Waals surface area contributed by atoms with Crippen molar-refractivity contribution in [2.45, 2.75) is 78.3 Å². The van der Waals surface area contributed by atoms with Crippen LogP contribution >= 0.6 is 0 Å². The summed E-state index contributed by atoms with van der Waals surface area (Å²) in [5.74, 6) is 1.73. The van der Waals surface area contributed by atoms with Crippen LogP contribution in [0.2, 0.25) is 0 Å². The van der Waals surface area contributed by atoms with Crippen LogP contribution in [-0.4, -0.2) is 35.2 Å². The van der Waals surface area contributed by atoms with Gasteiger partial charge in [0.2, 0.25) is 5.91 Å². The number of likely N-dealkylation sites (N-methyl/N-ethyl adjacent to an activating group) is 1. The number of hydrogen-bond donors (Lipinski definition) is 1. The topological polar surface area (TPSA) is 63.4 Å². The fraction of sp³-hybridized carbons (Fsp3) is 0.692. The van der Waals surface area contributed by atoms with E-state index in [0.717, 1.165) is 0 Å². The van der Waals surface area contributed by atoms with Crippen molar-refractivity contribution in [1.29, 1.82) is 0 Å². The molecule has 2 saturated carbocycles. The first-order valence-corrected chi connectivity index (χ1v) is 11.9. The first kappa shape index (κ1) is 23.0. The largest absolute Gasteiger partial charge is 0.339 e. The van der Waals surface area contributed by atoms with Gasteiger partial charge in [0.25, 0.3) is 0 Å². The lowest BCUT2D eigenvalue weighted by Gasteiger charge is -2.41. The third-order valence-corrected chi connectivity index (χ3v) is 7.67. The lowest BCUT2D eigenvalue weighted by molar-refractivity contribution is -0.143. The number of ketones is 1. The van der Waals surface area contributed by atoms with Gasteiger partial charge in [-0.15, -0.1) is 0 Å². The number of nitrogens with zero attached hydrogens (tertiary/aromatic N) is 1. The van der Waals surface area contributed by atoms with E-state index in [2.05, 4.69) is 56.0 Å². The Morgan fingerprint density at radius 3 is 2.23 bits per heavy atom. The molecule has 1 aromatic carbocycles. The number of fused-ring (bicyclic) bond motifs is 2. The number of carbonyl (C=O) groups excluding carboxylic acids is 2. The fourth-order valence-electron chi connectivity index (χ4n) is 5.91. The van der Waals surface area contributed by atoms with Crippen LogP contribution in [0.4, 0.5) is 0 Å². The molecule has 2 bridgehead atoms. The Hall–Kier alpha value is -1.68. The monoisotopic (exact) mass is 412 g/mol. The minimum atomic E-state index is -0.492. The Balaban J connectivity index is 1.85. The number of carbonyl (C=O) groups is 2. The normalized spacial score (nSPS) is 27.5. The Labute approximate surface area is 182 Å². The highest BCUT2D eigenvalue weighted by molar-refractivity contribution is 5.90. The van der Waals surface area contributed by atoms with E-state index in [4.69, 9.17) is 5.73 Å². The minimum Gasteiger partial charge on any atom is -0.339 e. The third-order valence-electron chi connectivity index (χ3n) is 7.67. The molecule has 0 heterocycles. The predicted molar refractivity (Wildman–Crippen MR) is 122 cm³/mol. The Morgan fingerprint density at radius 2 is 1.67 bits per heavy atom. The van der Waals surface area contributed by atoms with Crippen molar-refractivity contribution in [2.75, 3.05) is 6.54 Å². The maximum atomic E-state index is 13.8. The molecular formula is C26H40N2O2. The maximum Gasteiger partial charge on any atom is 0.226 e. The van der Waals surface area contributed by atoms with Gasteiger partial charge in [0.15, 0.2) is 5.78 Å². The molecule has 0 spiro atoms. The summed E-state index contributed by atoms with van der Waals surface area (Å²) in [6, 6.07) is 10.5. The molecule has 2 aliphatic rings. The van der Waals surface area contributed by atoms with Crippen molar-refractivity contribution >= 4 is 11.7 Å². The Kier molecular flexibility index (Phi) is 7.38. The number of amides is 1. The summed E-state index contributed by atoms with van der Waals surface area (Å²) in [5.41, 5.74) is 7.47. The summed E-state index contributed by atoms with van der Waals surface area (Å²) in [7, 11) is 0. The predicted octanol–water partition coefficient (Wildman–Crippen LogP) is 4.63. The maximum absolute atomic E-state index is 13.8. The standard InChI is InChI=1S/C26H40N2O2/c1-6-28(26(30)21(16(2)3)15-22(29)24(27)17(4)5)25-20-13-12-19(14-20)23(25)18-10-8-7-9-11-18/h7-11,16-17,19-21,23-25H,6,12-15,27H2,1-5H3/t19?,20?,21-,23?,24+,25?/m1/s1. The number of nitrogens with two attached hydrogens (primary N) is 1. The van der Waals surface area contributed by atoms with Gasteiger partial charge in [-0.1, -0.05) is 58.0 Å². The van der Waals surface area contributed by atoms with Gasteiger partial charge < -0.3 is 10.6 Å². The quantitative estimate of drug-likeness (QED) is 0.643. The zero-order valence-electron chi connectivity index (χ0n) is 19.4. The first-order valence-electron chi connectivity index (χ1n) is 11.9. The fourth-order valence-corrected chi connectivity index (χ4v) is 5.91. The minimum absolute atomic E-state index is 0.0145. The molecule has 4 heteroatoms. The van der Waals surface area contributed by atoms with Gasteiger partial charge in [0, 0.05) is 30.8 Å². The van der Waals surface area contributed by atoms with Crippen LogP contribution in [0.15, 0.2) is 30.3 Å². The lowest BCUT2D eigenvalue weighted by Crippen LogP contribution is -2.50. The molecule has 6 atom stereocenters. The van der Waals surface area contributed by atoms with Crippen LogP contribution in [0.5, 0.6) is 0 Å². The summed E-state index contributed by atoms with van der Waals surface area (Å²) in [5, 5.41) is 0. The van der Waals surface area contributed by atoms with Gasteiger partial charge in [-0.3, -0.25) is 9.59 Å². The van der Waals surface area contributed by atoms with E-state index in [-0.39, 0.29) is 41.9 Å².